The first-order chi connectivity index (χ1) is 9.49. The second-order valence-electron chi connectivity index (χ2n) is 4.75. The molecule has 0 spiro atoms. The Morgan fingerprint density at radius 2 is 1.95 bits per heavy atom. The van der Waals surface area contributed by atoms with Gasteiger partial charge in [0.1, 0.15) is 11.4 Å². The van der Waals surface area contributed by atoms with Crippen molar-refractivity contribution in [1.82, 2.24) is 0 Å². The molecule has 0 aliphatic rings. The molecule has 0 unspecified atom stereocenters. The fourth-order valence-corrected chi connectivity index (χ4v) is 2.11. The number of nitrogens with one attached hydrogen (secondary N) is 1. The Kier molecular flexibility index (Phi) is 5.61. The summed E-state index contributed by atoms with van der Waals surface area (Å²) in [5, 5.41) is 6.27. The maximum Gasteiger partial charge on any atom is 0.345 e. The smallest absolute Gasteiger partial charge is 0.345 e. The second-order valence-corrected chi connectivity index (χ2v) is 4.75. The monoisotopic (exact) mass is 280 g/mol. The van der Waals surface area contributed by atoms with Crippen molar-refractivity contribution >= 4 is 17.1 Å². The first-order valence-electron chi connectivity index (χ1n) is 6.75. The molecule has 0 atom stereocenters. The molecule has 0 saturated carbocycles. The summed E-state index contributed by atoms with van der Waals surface area (Å²) >= 11 is 0. The van der Waals surface area contributed by atoms with Gasteiger partial charge in [0.25, 0.3) is 4.92 Å². The number of anilines is 1. The standard InChI is InChI=1S/C14H21N3O3/c1-6-11(7-2)15-13-12(16-18)8-9(3)10(4)14(13)17(19)20-5/h8,11H,6-7H2,1-5H3/p+1. The first-order valence-corrected chi connectivity index (χ1v) is 6.75. The van der Waals surface area contributed by atoms with Gasteiger partial charge in [-0.25, -0.2) is 4.84 Å². The van der Waals surface area contributed by atoms with Crippen LogP contribution in [0.4, 0.5) is 17.1 Å². The van der Waals surface area contributed by atoms with Gasteiger partial charge in [-0.3, -0.25) is 0 Å². The lowest BCUT2D eigenvalue weighted by Gasteiger charge is -2.17. The highest BCUT2D eigenvalue weighted by molar-refractivity contribution is 5.80. The maximum absolute atomic E-state index is 11.9. The average Bonchev–Trinajstić information content (AvgIpc) is 2.47. The van der Waals surface area contributed by atoms with Gasteiger partial charge in [0.2, 0.25) is 0 Å². The predicted octanol–water partition coefficient (Wildman–Crippen LogP) is 4.27. The largest absolute Gasteiger partial charge is 0.375 e. The average molecular weight is 280 g/mol. The highest BCUT2D eigenvalue weighted by atomic mass is 16.8. The molecule has 0 aromatic heterocycles. The predicted molar refractivity (Wildman–Crippen MR) is 79.7 cm³/mol. The topological polar surface area (TPSA) is 70.8 Å². The molecule has 0 radical (unpaired) electrons. The van der Waals surface area contributed by atoms with Gasteiger partial charge >= 0.3 is 5.69 Å². The Morgan fingerprint density at radius 1 is 1.35 bits per heavy atom. The molecule has 0 heterocycles. The number of hydrogen-bond donors (Lipinski definition) is 1. The van der Waals surface area contributed by atoms with Crippen LogP contribution in [0.15, 0.2) is 11.2 Å². The second kappa shape index (κ2) is 6.98. The summed E-state index contributed by atoms with van der Waals surface area (Å²) in [6.45, 7) is 7.74. The summed E-state index contributed by atoms with van der Waals surface area (Å²) in [6.07, 6.45) is 1.76. The van der Waals surface area contributed by atoms with Crippen LogP contribution in [0, 0.1) is 23.7 Å². The zero-order valence-electron chi connectivity index (χ0n) is 12.7. The summed E-state index contributed by atoms with van der Waals surface area (Å²) in [4.78, 5) is 28.2. The highest BCUT2D eigenvalue weighted by Crippen LogP contribution is 2.40. The van der Waals surface area contributed by atoms with E-state index in [1.165, 1.54) is 7.11 Å². The van der Waals surface area contributed by atoms with Gasteiger partial charge in [0.05, 0.1) is 4.91 Å². The Morgan fingerprint density at radius 3 is 2.40 bits per heavy atom. The van der Waals surface area contributed by atoms with E-state index >= 15 is 0 Å². The van der Waals surface area contributed by atoms with Crippen molar-refractivity contribution in [3.8, 4) is 0 Å². The van der Waals surface area contributed by atoms with Crippen molar-refractivity contribution in [2.24, 2.45) is 5.18 Å². The van der Waals surface area contributed by atoms with E-state index in [2.05, 4.69) is 10.5 Å². The Hall–Kier alpha value is -1.98. The van der Waals surface area contributed by atoms with E-state index in [0.717, 1.165) is 24.0 Å². The molecule has 6 nitrogen and oxygen atoms in total. The third-order valence-corrected chi connectivity index (χ3v) is 3.57. The Bertz CT molecular complexity index is 511. The minimum absolute atomic E-state index is 0.168. The number of benzene rings is 1. The number of nitroso groups, excluding NO2 is 1. The van der Waals surface area contributed by atoms with Gasteiger partial charge in [-0.15, -0.1) is 4.91 Å². The van der Waals surface area contributed by atoms with E-state index in [0.29, 0.717) is 16.3 Å². The van der Waals surface area contributed by atoms with Crippen LogP contribution < -0.4 is 5.32 Å². The molecule has 0 saturated heterocycles. The minimum Gasteiger partial charge on any atom is -0.375 e. The summed E-state index contributed by atoms with van der Waals surface area (Å²) in [5.41, 5.74) is 2.57. The molecule has 0 aliphatic carbocycles. The van der Waals surface area contributed by atoms with Gasteiger partial charge in [0.15, 0.2) is 7.11 Å². The van der Waals surface area contributed by atoms with Crippen LogP contribution in [-0.4, -0.2) is 18.1 Å². The molecule has 1 aromatic carbocycles. The highest BCUT2D eigenvalue weighted by Gasteiger charge is 2.30. The summed E-state index contributed by atoms with van der Waals surface area (Å²) in [6, 6.07) is 1.85. The molecule has 1 N–H and O–H groups in total. The van der Waals surface area contributed by atoms with Gasteiger partial charge < -0.3 is 5.32 Å². The molecule has 0 bridgehead atoms. The van der Waals surface area contributed by atoms with Crippen molar-refractivity contribution in [3.63, 3.8) is 0 Å². The number of hydrogen-bond acceptors (Lipinski definition) is 5. The van der Waals surface area contributed by atoms with Gasteiger partial charge in [-0.2, -0.15) is 0 Å². The molecule has 0 amide bonds. The molecule has 6 heteroatoms. The normalized spacial score (nSPS) is 10.5. The molecule has 1 aromatic rings. The summed E-state index contributed by atoms with van der Waals surface area (Å²) < 4.78 is 0. The van der Waals surface area contributed by atoms with Crippen molar-refractivity contribution < 1.29 is 9.76 Å². The fraction of sp³-hybridized carbons (Fsp3) is 0.571. The third-order valence-electron chi connectivity index (χ3n) is 3.57. The SMILES string of the molecule is CCC(CC)Nc1c(N=O)cc(C)c(C)c1[N+](=O)OC. The Labute approximate surface area is 119 Å². The van der Waals surface area contributed by atoms with Crippen LogP contribution in [0.5, 0.6) is 0 Å². The van der Waals surface area contributed by atoms with Crippen LogP contribution in [0.2, 0.25) is 0 Å². The number of aryl methyl sites for hydroxylation is 1. The number of rotatable bonds is 7. The van der Waals surface area contributed by atoms with E-state index < -0.39 is 0 Å². The molecular weight excluding hydrogens is 258 g/mol. The van der Waals surface area contributed by atoms with E-state index in [1.807, 2.05) is 27.7 Å². The minimum atomic E-state index is 0.168. The van der Waals surface area contributed by atoms with E-state index in [-0.39, 0.29) is 11.7 Å². The zero-order chi connectivity index (χ0) is 15.3. The van der Waals surface area contributed by atoms with Crippen molar-refractivity contribution in [3.05, 3.63) is 27.0 Å². The lowest BCUT2D eigenvalue weighted by atomic mass is 10.0. The van der Waals surface area contributed by atoms with Crippen LogP contribution in [-0.2, 0) is 4.84 Å². The number of nitrogens with zero attached hydrogens (tertiary/aromatic N) is 2. The van der Waals surface area contributed by atoms with Crippen LogP contribution >= 0.6 is 0 Å². The van der Waals surface area contributed by atoms with Crippen LogP contribution in [0.3, 0.4) is 0 Å². The zero-order valence-corrected chi connectivity index (χ0v) is 12.7. The molecular formula is C14H22N3O3+. The molecule has 0 fully saturated rings. The maximum atomic E-state index is 11.9. The van der Waals surface area contributed by atoms with E-state index in [9.17, 15) is 9.81 Å². The lowest BCUT2D eigenvalue weighted by molar-refractivity contribution is -0.736. The molecule has 20 heavy (non-hydrogen) atoms. The van der Waals surface area contributed by atoms with Gasteiger partial charge in [-0.1, -0.05) is 13.8 Å². The van der Waals surface area contributed by atoms with Gasteiger partial charge in [0, 0.05) is 11.6 Å². The van der Waals surface area contributed by atoms with E-state index in [1.54, 1.807) is 6.07 Å². The lowest BCUT2D eigenvalue weighted by Crippen LogP contribution is -2.19. The molecule has 1 rings (SSSR count). The Balaban J connectivity index is 3.47. The van der Waals surface area contributed by atoms with Crippen LogP contribution in [0.25, 0.3) is 0 Å². The van der Waals surface area contributed by atoms with Crippen molar-refractivity contribution in [1.29, 1.82) is 0 Å². The molecule has 110 valence electrons. The van der Waals surface area contributed by atoms with Crippen molar-refractivity contribution in [2.45, 2.75) is 46.6 Å². The van der Waals surface area contributed by atoms with Gasteiger partial charge in [-0.05, 0) is 43.5 Å². The molecule has 0 aliphatic heterocycles. The first kappa shape index (κ1) is 16.1. The quantitative estimate of drug-likeness (QED) is 0.598. The third kappa shape index (κ3) is 3.12. The fourth-order valence-electron chi connectivity index (χ4n) is 2.11. The van der Waals surface area contributed by atoms with E-state index in [4.69, 9.17) is 4.84 Å². The summed E-state index contributed by atoms with van der Waals surface area (Å²) in [7, 11) is 1.30. The van der Waals surface area contributed by atoms with Crippen molar-refractivity contribution in [2.75, 3.05) is 12.4 Å². The van der Waals surface area contributed by atoms with Crippen LogP contribution in [0.1, 0.15) is 37.8 Å². The summed E-state index contributed by atoms with van der Waals surface area (Å²) in [5.74, 6) is 0.